The molecule has 0 spiro atoms. The molecule has 0 saturated heterocycles. The number of ketones is 1. The third-order valence-corrected chi connectivity index (χ3v) is 5.03. The van der Waals surface area contributed by atoms with Crippen molar-refractivity contribution in [2.75, 3.05) is 0 Å². The number of benzene rings is 3. The van der Waals surface area contributed by atoms with Crippen LogP contribution in [0.5, 0.6) is 0 Å². The van der Waals surface area contributed by atoms with Crippen LogP contribution >= 0.6 is 23.4 Å². The summed E-state index contributed by atoms with van der Waals surface area (Å²) in [6, 6.07) is 24.9. The van der Waals surface area contributed by atoms with E-state index in [1.54, 1.807) is 60.7 Å². The first-order valence-electron chi connectivity index (χ1n) is 8.01. The van der Waals surface area contributed by atoms with Gasteiger partial charge < -0.3 is 5.32 Å². The number of carbonyl (C=O) groups excluding carboxylic acids is 2. The highest BCUT2D eigenvalue weighted by Gasteiger charge is 2.23. The fourth-order valence-electron chi connectivity index (χ4n) is 2.34. The lowest BCUT2D eigenvalue weighted by molar-refractivity contribution is 0.0892. The Kier molecular flexibility index (Phi) is 6.10. The molecule has 1 N–H and O–H groups in total. The minimum atomic E-state index is -0.744. The first-order valence-corrected chi connectivity index (χ1v) is 9.26. The van der Waals surface area contributed by atoms with Crippen molar-refractivity contribution in [2.45, 2.75) is 10.3 Å². The molecule has 0 aliphatic carbocycles. The second-order valence-electron chi connectivity index (χ2n) is 5.52. The maximum atomic E-state index is 12.9. The van der Waals surface area contributed by atoms with Gasteiger partial charge in [0, 0.05) is 21.0 Å². The predicted octanol–water partition coefficient (Wildman–Crippen LogP) is 5.07. The quantitative estimate of drug-likeness (QED) is 0.368. The highest BCUT2D eigenvalue weighted by molar-refractivity contribution is 8.00. The summed E-state index contributed by atoms with van der Waals surface area (Å²) in [4.78, 5) is 26.3. The number of amides is 1. The van der Waals surface area contributed by atoms with Gasteiger partial charge in [-0.25, -0.2) is 0 Å². The van der Waals surface area contributed by atoms with Gasteiger partial charge in [-0.3, -0.25) is 9.59 Å². The molecule has 0 bridgehead atoms. The number of rotatable bonds is 6. The second-order valence-corrected chi connectivity index (χ2v) is 7.14. The summed E-state index contributed by atoms with van der Waals surface area (Å²) in [5, 5.41) is 2.71. The Morgan fingerprint density at radius 2 is 1.31 bits per heavy atom. The molecule has 0 radical (unpaired) electrons. The van der Waals surface area contributed by atoms with Crippen LogP contribution in [0.25, 0.3) is 0 Å². The third-order valence-electron chi connectivity index (χ3n) is 3.66. The van der Waals surface area contributed by atoms with E-state index in [2.05, 4.69) is 5.32 Å². The first kappa shape index (κ1) is 18.2. The minimum Gasteiger partial charge on any atom is -0.333 e. The number of carbonyl (C=O) groups is 2. The zero-order chi connectivity index (χ0) is 18.4. The van der Waals surface area contributed by atoms with Crippen LogP contribution in [0.3, 0.4) is 0 Å². The molecule has 0 unspecified atom stereocenters. The van der Waals surface area contributed by atoms with E-state index in [1.165, 1.54) is 11.8 Å². The molecule has 3 nitrogen and oxygen atoms in total. The Bertz CT molecular complexity index is 883. The van der Waals surface area contributed by atoms with Gasteiger partial charge in [0.25, 0.3) is 5.91 Å². The fourth-order valence-corrected chi connectivity index (χ4v) is 3.44. The molecule has 1 amide bonds. The SMILES string of the molecule is O=C(N[C@H](Sc1ccc(Cl)cc1)C(=O)c1ccccc1)c1ccccc1. The summed E-state index contributed by atoms with van der Waals surface area (Å²) in [5.74, 6) is -0.448. The van der Waals surface area contributed by atoms with Gasteiger partial charge in [0.05, 0.1) is 0 Å². The number of halogens is 1. The van der Waals surface area contributed by atoms with Crippen molar-refractivity contribution in [3.05, 3.63) is 101 Å². The zero-order valence-corrected chi connectivity index (χ0v) is 15.3. The van der Waals surface area contributed by atoms with Gasteiger partial charge in [-0.1, -0.05) is 71.9 Å². The van der Waals surface area contributed by atoms with Gasteiger partial charge in [-0.15, -0.1) is 0 Å². The highest BCUT2D eigenvalue weighted by atomic mass is 35.5. The molecule has 3 aromatic rings. The molecule has 0 saturated carbocycles. The van der Waals surface area contributed by atoms with Crippen molar-refractivity contribution in [1.29, 1.82) is 0 Å². The van der Waals surface area contributed by atoms with Gasteiger partial charge in [-0.2, -0.15) is 0 Å². The smallest absolute Gasteiger partial charge is 0.252 e. The highest BCUT2D eigenvalue weighted by Crippen LogP contribution is 2.26. The Morgan fingerprint density at radius 1 is 0.769 bits per heavy atom. The Hall–Kier alpha value is -2.56. The summed E-state index contributed by atoms with van der Waals surface area (Å²) < 4.78 is 0. The van der Waals surface area contributed by atoms with Crippen molar-refractivity contribution < 1.29 is 9.59 Å². The van der Waals surface area contributed by atoms with E-state index < -0.39 is 5.37 Å². The van der Waals surface area contributed by atoms with E-state index in [0.717, 1.165) is 4.90 Å². The molecule has 0 aliphatic heterocycles. The molecule has 26 heavy (non-hydrogen) atoms. The van der Waals surface area contributed by atoms with Crippen LogP contribution in [0.4, 0.5) is 0 Å². The first-order chi connectivity index (χ1) is 12.6. The summed E-state index contributed by atoms with van der Waals surface area (Å²) in [7, 11) is 0. The van der Waals surface area contributed by atoms with Crippen LogP contribution in [-0.2, 0) is 0 Å². The van der Waals surface area contributed by atoms with Crippen molar-refractivity contribution in [1.82, 2.24) is 5.32 Å². The van der Waals surface area contributed by atoms with Crippen LogP contribution < -0.4 is 5.32 Å². The molecule has 3 rings (SSSR count). The molecule has 0 heterocycles. The van der Waals surface area contributed by atoms with Crippen LogP contribution in [0.1, 0.15) is 20.7 Å². The van der Waals surface area contributed by atoms with Crippen LogP contribution in [0.15, 0.2) is 89.8 Å². The lowest BCUT2D eigenvalue weighted by Crippen LogP contribution is -2.38. The largest absolute Gasteiger partial charge is 0.333 e. The lowest BCUT2D eigenvalue weighted by atomic mass is 10.1. The number of hydrogen-bond donors (Lipinski definition) is 1. The zero-order valence-electron chi connectivity index (χ0n) is 13.8. The fraction of sp³-hybridized carbons (Fsp3) is 0.0476. The number of Topliss-reactive ketones (excluding diaryl/α,β-unsaturated/α-hetero) is 1. The molecule has 5 heteroatoms. The van der Waals surface area contributed by atoms with Gasteiger partial charge in [0.1, 0.15) is 5.37 Å². The normalized spacial score (nSPS) is 11.6. The van der Waals surface area contributed by atoms with Crippen molar-refractivity contribution in [3.63, 3.8) is 0 Å². The lowest BCUT2D eigenvalue weighted by Gasteiger charge is -2.17. The third kappa shape index (κ3) is 4.75. The van der Waals surface area contributed by atoms with Crippen LogP contribution in [0, 0.1) is 0 Å². The van der Waals surface area contributed by atoms with E-state index in [0.29, 0.717) is 16.1 Å². The number of hydrogen-bond acceptors (Lipinski definition) is 3. The minimum absolute atomic E-state index is 0.158. The van der Waals surface area contributed by atoms with E-state index in [4.69, 9.17) is 11.6 Å². The van der Waals surface area contributed by atoms with E-state index >= 15 is 0 Å². The summed E-state index contributed by atoms with van der Waals surface area (Å²) in [5.41, 5.74) is 1.06. The monoisotopic (exact) mass is 381 g/mol. The van der Waals surface area contributed by atoms with Gasteiger partial charge in [0.15, 0.2) is 5.78 Å². The van der Waals surface area contributed by atoms with E-state index in [9.17, 15) is 9.59 Å². The van der Waals surface area contributed by atoms with Gasteiger partial charge in [-0.05, 0) is 36.4 Å². The molecule has 0 aromatic heterocycles. The summed E-state index contributed by atoms with van der Waals surface area (Å²) in [6.07, 6.45) is 0. The predicted molar refractivity (Wildman–Crippen MR) is 106 cm³/mol. The topological polar surface area (TPSA) is 46.2 Å². The Labute approximate surface area is 161 Å². The maximum Gasteiger partial charge on any atom is 0.252 e. The van der Waals surface area contributed by atoms with E-state index in [-0.39, 0.29) is 11.7 Å². The average molecular weight is 382 g/mol. The van der Waals surface area contributed by atoms with E-state index in [1.807, 2.05) is 24.3 Å². The summed E-state index contributed by atoms with van der Waals surface area (Å²) >= 11 is 7.21. The second kappa shape index (κ2) is 8.70. The van der Waals surface area contributed by atoms with Crippen molar-refractivity contribution in [3.8, 4) is 0 Å². The van der Waals surface area contributed by atoms with Gasteiger partial charge >= 0.3 is 0 Å². The van der Waals surface area contributed by atoms with Crippen molar-refractivity contribution >= 4 is 35.1 Å². The van der Waals surface area contributed by atoms with Gasteiger partial charge in [0.2, 0.25) is 0 Å². The maximum absolute atomic E-state index is 12.9. The summed E-state index contributed by atoms with van der Waals surface area (Å²) in [6.45, 7) is 0. The molecule has 0 fully saturated rings. The average Bonchev–Trinajstić information content (AvgIpc) is 2.70. The Morgan fingerprint density at radius 3 is 1.88 bits per heavy atom. The molecular weight excluding hydrogens is 366 g/mol. The van der Waals surface area contributed by atoms with Crippen LogP contribution in [0.2, 0.25) is 5.02 Å². The number of nitrogens with one attached hydrogen (secondary N) is 1. The Balaban J connectivity index is 1.84. The standard InChI is InChI=1S/C21H16ClNO2S/c22-17-11-13-18(14-12-17)26-21(19(24)15-7-3-1-4-8-15)23-20(25)16-9-5-2-6-10-16/h1-14,21H,(H,23,25)/t21-/m1/s1. The molecule has 0 aliphatic rings. The van der Waals surface area contributed by atoms with Crippen LogP contribution in [-0.4, -0.2) is 17.1 Å². The molecule has 3 aromatic carbocycles. The molecule has 1 atom stereocenters. The molecule has 130 valence electrons. The molecular formula is C21H16ClNO2S. The van der Waals surface area contributed by atoms with Crippen molar-refractivity contribution in [2.24, 2.45) is 0 Å². The number of thioether (sulfide) groups is 1.